The van der Waals surface area contributed by atoms with Gasteiger partial charge < -0.3 is 9.84 Å². The Hall–Kier alpha value is -2.45. The first-order valence-electron chi connectivity index (χ1n) is 4.16. The first-order valence-corrected chi connectivity index (χ1v) is 4.16. The molecule has 0 saturated carbocycles. The quantitative estimate of drug-likeness (QED) is 0.650. The van der Waals surface area contributed by atoms with Crippen molar-refractivity contribution in [3.63, 3.8) is 0 Å². The molecule has 0 aliphatic carbocycles. The van der Waals surface area contributed by atoms with Gasteiger partial charge in [-0.25, -0.2) is 4.79 Å². The van der Waals surface area contributed by atoms with Crippen LogP contribution in [0.5, 0.6) is 0 Å². The maximum absolute atomic E-state index is 11.0. The third-order valence-electron chi connectivity index (χ3n) is 1.28. The lowest BCUT2D eigenvalue weighted by molar-refractivity contribution is -0.138. The normalized spacial score (nSPS) is 9.50. The fourth-order valence-electron chi connectivity index (χ4n) is 0.743. The lowest BCUT2D eigenvalue weighted by atomic mass is 10.7. The van der Waals surface area contributed by atoms with E-state index in [0.29, 0.717) is 0 Å². The smallest absolute Gasteiger partial charge is 0.414 e. The van der Waals surface area contributed by atoms with E-state index in [4.69, 9.17) is 5.11 Å². The maximum Gasteiger partial charge on any atom is 0.414 e. The predicted octanol–water partition coefficient (Wildman–Crippen LogP) is -0.508. The minimum Gasteiger partial charge on any atom is -0.480 e. The van der Waals surface area contributed by atoms with E-state index >= 15 is 0 Å². The van der Waals surface area contributed by atoms with Gasteiger partial charge in [-0.05, 0) is 5.21 Å². The highest BCUT2D eigenvalue weighted by molar-refractivity contribution is 5.82. The molecule has 9 heteroatoms. The standard InChI is InChI=1S/C7H9N5O4/c1-2-3-16-7(15)8-6-9-11-12(10-6)4-5(13)14/h2H,1,3-4H2,(H,13,14)(H,8,10,15). The number of nitrogens with zero attached hydrogens (tertiary/aromatic N) is 4. The van der Waals surface area contributed by atoms with Crippen LogP contribution in [0.3, 0.4) is 0 Å². The van der Waals surface area contributed by atoms with Gasteiger partial charge in [0.05, 0.1) is 0 Å². The highest BCUT2D eigenvalue weighted by Crippen LogP contribution is 1.94. The topological polar surface area (TPSA) is 119 Å². The summed E-state index contributed by atoms with van der Waals surface area (Å²) >= 11 is 0. The molecule has 16 heavy (non-hydrogen) atoms. The minimum absolute atomic E-state index is 0.0507. The van der Waals surface area contributed by atoms with Crippen LogP contribution in [0.4, 0.5) is 10.7 Å². The van der Waals surface area contributed by atoms with Crippen LogP contribution in [0.15, 0.2) is 12.7 Å². The first kappa shape index (κ1) is 11.6. The number of rotatable bonds is 5. The highest BCUT2D eigenvalue weighted by Gasteiger charge is 2.09. The Morgan fingerprint density at radius 3 is 3.00 bits per heavy atom. The number of carboxylic acids is 1. The molecule has 2 N–H and O–H groups in total. The number of tetrazole rings is 1. The minimum atomic E-state index is -1.11. The molecule has 1 aromatic rings. The van der Waals surface area contributed by atoms with Crippen molar-refractivity contribution in [2.24, 2.45) is 0 Å². The number of carbonyl (C=O) groups is 2. The lowest BCUT2D eigenvalue weighted by Crippen LogP contribution is -2.15. The van der Waals surface area contributed by atoms with E-state index in [1.165, 1.54) is 6.08 Å². The van der Waals surface area contributed by atoms with E-state index in [2.05, 4.69) is 32.0 Å². The molecule has 0 spiro atoms. The third-order valence-corrected chi connectivity index (χ3v) is 1.28. The molecule has 1 rings (SSSR count). The zero-order valence-corrected chi connectivity index (χ0v) is 8.16. The van der Waals surface area contributed by atoms with E-state index in [1.54, 1.807) is 0 Å². The molecule has 0 unspecified atom stereocenters. The number of aliphatic carboxylic acids is 1. The van der Waals surface area contributed by atoms with Gasteiger partial charge in [0.2, 0.25) is 0 Å². The fraction of sp³-hybridized carbons (Fsp3) is 0.286. The van der Waals surface area contributed by atoms with Crippen LogP contribution in [-0.2, 0) is 16.1 Å². The summed E-state index contributed by atoms with van der Waals surface area (Å²) in [6.45, 7) is 2.98. The number of hydrogen-bond acceptors (Lipinski definition) is 6. The Morgan fingerprint density at radius 1 is 1.62 bits per heavy atom. The molecule has 1 amide bonds. The van der Waals surface area contributed by atoms with Gasteiger partial charge >= 0.3 is 12.1 Å². The SMILES string of the molecule is C=CCOC(=O)Nc1nnn(CC(=O)O)n1. The van der Waals surface area contributed by atoms with Crippen LogP contribution in [0.25, 0.3) is 0 Å². The van der Waals surface area contributed by atoms with Gasteiger partial charge in [0.15, 0.2) is 6.54 Å². The fourth-order valence-corrected chi connectivity index (χ4v) is 0.743. The molecule has 0 bridgehead atoms. The Labute approximate surface area is 89.7 Å². The molecule has 0 fully saturated rings. The van der Waals surface area contributed by atoms with E-state index in [0.717, 1.165) is 4.80 Å². The number of anilines is 1. The summed E-state index contributed by atoms with van der Waals surface area (Å²) in [6, 6.07) is 0. The number of amides is 1. The van der Waals surface area contributed by atoms with Crippen molar-refractivity contribution in [1.29, 1.82) is 0 Å². The molecule has 9 nitrogen and oxygen atoms in total. The van der Waals surface area contributed by atoms with Gasteiger partial charge in [-0.1, -0.05) is 17.8 Å². The Kier molecular flexibility index (Phi) is 3.95. The molecule has 86 valence electrons. The number of carbonyl (C=O) groups excluding carboxylic acids is 1. The third kappa shape index (κ3) is 3.74. The van der Waals surface area contributed by atoms with Crippen molar-refractivity contribution in [2.45, 2.75) is 6.54 Å². The van der Waals surface area contributed by atoms with E-state index in [9.17, 15) is 9.59 Å². The van der Waals surface area contributed by atoms with Gasteiger partial charge in [0.25, 0.3) is 5.95 Å². The number of carboxylic acid groups (broad SMARTS) is 1. The largest absolute Gasteiger partial charge is 0.480 e. The zero-order chi connectivity index (χ0) is 12.0. The summed E-state index contributed by atoms with van der Waals surface area (Å²) in [4.78, 5) is 22.1. The van der Waals surface area contributed by atoms with Crippen molar-refractivity contribution in [1.82, 2.24) is 20.2 Å². The monoisotopic (exact) mass is 227 g/mol. The van der Waals surface area contributed by atoms with E-state index < -0.39 is 18.6 Å². The highest BCUT2D eigenvalue weighted by atomic mass is 16.5. The van der Waals surface area contributed by atoms with E-state index in [-0.39, 0.29) is 12.6 Å². The summed E-state index contributed by atoms with van der Waals surface area (Å²) < 4.78 is 4.58. The average molecular weight is 227 g/mol. The predicted molar refractivity (Wildman–Crippen MR) is 50.6 cm³/mol. The number of hydrogen-bond donors (Lipinski definition) is 2. The van der Waals surface area contributed by atoms with Crippen LogP contribution < -0.4 is 5.32 Å². The molecule has 0 saturated heterocycles. The zero-order valence-electron chi connectivity index (χ0n) is 8.16. The second kappa shape index (κ2) is 5.44. The van der Waals surface area contributed by atoms with Gasteiger partial charge in [-0.3, -0.25) is 10.1 Å². The Morgan fingerprint density at radius 2 is 2.38 bits per heavy atom. The number of ether oxygens (including phenoxy) is 1. The molecule has 0 atom stereocenters. The van der Waals surface area contributed by atoms with Gasteiger partial charge in [-0.15, -0.1) is 5.10 Å². The maximum atomic E-state index is 11.0. The summed E-state index contributed by atoms with van der Waals surface area (Å²) in [5.41, 5.74) is 0. The van der Waals surface area contributed by atoms with Crippen LogP contribution in [0.2, 0.25) is 0 Å². The average Bonchev–Trinajstić information content (AvgIpc) is 2.61. The van der Waals surface area contributed by atoms with Crippen LogP contribution >= 0.6 is 0 Å². The van der Waals surface area contributed by atoms with Crippen LogP contribution in [0.1, 0.15) is 0 Å². The number of nitrogens with one attached hydrogen (secondary N) is 1. The lowest BCUT2D eigenvalue weighted by Gasteiger charge is -1.99. The van der Waals surface area contributed by atoms with E-state index in [1.807, 2.05) is 0 Å². The molecule has 0 aliphatic rings. The van der Waals surface area contributed by atoms with Gasteiger partial charge in [0.1, 0.15) is 6.61 Å². The molecule has 1 heterocycles. The van der Waals surface area contributed by atoms with Gasteiger partial charge in [0, 0.05) is 0 Å². The van der Waals surface area contributed by atoms with Crippen LogP contribution in [0, 0.1) is 0 Å². The molecule has 1 aromatic heterocycles. The molecule has 0 aliphatic heterocycles. The van der Waals surface area contributed by atoms with Crippen molar-refractivity contribution in [3.8, 4) is 0 Å². The summed E-state index contributed by atoms with van der Waals surface area (Å²) in [6.07, 6.45) is 0.628. The number of aromatic nitrogens is 4. The van der Waals surface area contributed by atoms with Crippen molar-refractivity contribution >= 4 is 18.0 Å². The molecule has 0 radical (unpaired) electrons. The second-order valence-electron chi connectivity index (χ2n) is 2.55. The molecule has 0 aromatic carbocycles. The Balaban J connectivity index is 2.48. The van der Waals surface area contributed by atoms with Crippen molar-refractivity contribution < 1.29 is 19.4 Å². The molecular formula is C7H9N5O4. The molecular weight excluding hydrogens is 218 g/mol. The first-order chi connectivity index (χ1) is 7.61. The summed E-state index contributed by atoms with van der Waals surface area (Å²) in [5, 5.41) is 21.0. The van der Waals surface area contributed by atoms with Crippen molar-refractivity contribution in [2.75, 3.05) is 11.9 Å². The van der Waals surface area contributed by atoms with Crippen molar-refractivity contribution in [3.05, 3.63) is 12.7 Å². The second-order valence-corrected chi connectivity index (χ2v) is 2.55. The summed E-state index contributed by atoms with van der Waals surface area (Å²) in [5.74, 6) is -1.24. The Bertz CT molecular complexity index is 401. The summed E-state index contributed by atoms with van der Waals surface area (Å²) in [7, 11) is 0. The van der Waals surface area contributed by atoms with Gasteiger partial charge in [-0.2, -0.15) is 4.80 Å². The van der Waals surface area contributed by atoms with Crippen LogP contribution in [-0.4, -0.2) is 44.0 Å².